The Labute approximate surface area is 94.3 Å². The molecule has 0 rings (SSSR count). The van der Waals surface area contributed by atoms with Crippen molar-refractivity contribution in [1.82, 2.24) is 5.32 Å². The molecule has 0 bridgehead atoms. The molecule has 0 aliphatic rings. The fraction of sp³-hybridized carbons (Fsp3) is 0.800. The van der Waals surface area contributed by atoms with Gasteiger partial charge in [-0.2, -0.15) is 0 Å². The van der Waals surface area contributed by atoms with Gasteiger partial charge in [0.05, 0.1) is 24.7 Å². The number of nitrogens with one attached hydrogen (secondary N) is 1. The van der Waals surface area contributed by atoms with Gasteiger partial charge in [0.25, 0.3) is 0 Å². The number of carboxylic acid groups (broad SMARTS) is 1. The Hall–Kier alpha value is -1.14. The lowest BCUT2D eigenvalue weighted by molar-refractivity contribution is -0.146. The fourth-order valence-corrected chi connectivity index (χ4v) is 0.981. The van der Waals surface area contributed by atoms with E-state index in [1.165, 1.54) is 20.8 Å². The second-order valence-electron chi connectivity index (χ2n) is 4.28. The zero-order valence-electron chi connectivity index (χ0n) is 9.73. The fourth-order valence-electron chi connectivity index (χ4n) is 0.981. The van der Waals surface area contributed by atoms with Crippen LogP contribution >= 0.6 is 0 Å². The Morgan fingerprint density at radius 3 is 1.94 bits per heavy atom. The predicted octanol–water partition coefficient (Wildman–Crippen LogP) is -0.797. The number of carboxylic acids is 1. The first kappa shape index (κ1) is 14.9. The normalized spacial score (nSPS) is 15.3. The molecule has 0 aromatic carbocycles. The number of carbonyl (C=O) groups is 2. The van der Waals surface area contributed by atoms with Gasteiger partial charge in [0, 0.05) is 5.92 Å². The molecule has 4 N–H and O–H groups in total. The molecule has 0 aromatic rings. The second kappa shape index (κ2) is 5.81. The maximum atomic E-state index is 11.6. The smallest absolute Gasteiger partial charge is 0.307 e. The molecule has 0 radical (unpaired) electrons. The third kappa shape index (κ3) is 3.79. The van der Waals surface area contributed by atoms with Crippen LogP contribution in [0.25, 0.3) is 0 Å². The van der Waals surface area contributed by atoms with Gasteiger partial charge in [-0.25, -0.2) is 0 Å². The van der Waals surface area contributed by atoms with Crippen molar-refractivity contribution in [2.75, 3.05) is 13.2 Å². The van der Waals surface area contributed by atoms with Crippen LogP contribution < -0.4 is 5.32 Å². The Bertz CT molecular complexity index is 262. The Balaban J connectivity index is 4.52. The summed E-state index contributed by atoms with van der Waals surface area (Å²) in [5.41, 5.74) is -1.12. The highest BCUT2D eigenvalue weighted by molar-refractivity contribution is 5.84. The van der Waals surface area contributed by atoms with Gasteiger partial charge >= 0.3 is 5.97 Å². The van der Waals surface area contributed by atoms with E-state index in [2.05, 4.69) is 5.32 Å². The van der Waals surface area contributed by atoms with E-state index in [0.717, 1.165) is 0 Å². The molecule has 0 aliphatic carbocycles. The molecule has 2 atom stereocenters. The van der Waals surface area contributed by atoms with Crippen LogP contribution in [0.5, 0.6) is 0 Å². The summed E-state index contributed by atoms with van der Waals surface area (Å²) in [7, 11) is 0. The third-order valence-corrected chi connectivity index (χ3v) is 2.68. The highest BCUT2D eigenvalue weighted by Gasteiger charge is 2.31. The van der Waals surface area contributed by atoms with Crippen LogP contribution in [0.3, 0.4) is 0 Å². The summed E-state index contributed by atoms with van der Waals surface area (Å²) in [4.78, 5) is 22.3. The van der Waals surface area contributed by atoms with Crippen molar-refractivity contribution in [1.29, 1.82) is 0 Å². The molecule has 6 nitrogen and oxygen atoms in total. The van der Waals surface area contributed by atoms with E-state index in [0.29, 0.717) is 0 Å². The summed E-state index contributed by atoms with van der Waals surface area (Å²) >= 11 is 0. The average Bonchev–Trinajstić information content (AvgIpc) is 2.26. The van der Waals surface area contributed by atoms with Crippen molar-refractivity contribution in [3.05, 3.63) is 0 Å². The van der Waals surface area contributed by atoms with Crippen LogP contribution in [0.4, 0.5) is 0 Å². The third-order valence-electron chi connectivity index (χ3n) is 2.68. The Morgan fingerprint density at radius 2 is 1.62 bits per heavy atom. The minimum Gasteiger partial charge on any atom is -0.481 e. The van der Waals surface area contributed by atoms with Crippen molar-refractivity contribution in [3.8, 4) is 0 Å². The highest BCUT2D eigenvalue weighted by atomic mass is 16.4. The quantitative estimate of drug-likeness (QED) is 0.480. The van der Waals surface area contributed by atoms with Crippen LogP contribution in [0.1, 0.15) is 20.8 Å². The Kier molecular flexibility index (Phi) is 5.40. The summed E-state index contributed by atoms with van der Waals surface area (Å²) in [5, 5.41) is 29.1. The number of carbonyl (C=O) groups excluding carboxylic acids is 1. The van der Waals surface area contributed by atoms with Crippen LogP contribution in [0, 0.1) is 11.8 Å². The minimum atomic E-state index is -1.12. The van der Waals surface area contributed by atoms with Gasteiger partial charge in [-0.1, -0.05) is 13.8 Å². The van der Waals surface area contributed by atoms with E-state index < -0.39 is 42.5 Å². The molecule has 6 heteroatoms. The van der Waals surface area contributed by atoms with Crippen molar-refractivity contribution in [2.24, 2.45) is 11.8 Å². The number of hydrogen-bond acceptors (Lipinski definition) is 4. The predicted molar refractivity (Wildman–Crippen MR) is 56.7 cm³/mol. The van der Waals surface area contributed by atoms with Gasteiger partial charge < -0.3 is 20.6 Å². The van der Waals surface area contributed by atoms with E-state index in [1.54, 1.807) is 0 Å². The molecule has 0 saturated carbocycles. The topological polar surface area (TPSA) is 107 Å². The number of aliphatic hydroxyl groups excluding tert-OH is 2. The molecular weight excluding hydrogens is 214 g/mol. The molecule has 94 valence electrons. The van der Waals surface area contributed by atoms with E-state index >= 15 is 0 Å². The summed E-state index contributed by atoms with van der Waals surface area (Å²) < 4.78 is 0. The van der Waals surface area contributed by atoms with Crippen molar-refractivity contribution in [3.63, 3.8) is 0 Å². The largest absolute Gasteiger partial charge is 0.481 e. The second-order valence-corrected chi connectivity index (χ2v) is 4.28. The molecule has 1 amide bonds. The maximum absolute atomic E-state index is 11.6. The van der Waals surface area contributed by atoms with Crippen LogP contribution in [-0.4, -0.2) is 45.9 Å². The van der Waals surface area contributed by atoms with E-state index in [1.807, 2.05) is 0 Å². The molecule has 0 spiro atoms. The summed E-state index contributed by atoms with van der Waals surface area (Å²) in [6.07, 6.45) is 0. The number of amides is 1. The van der Waals surface area contributed by atoms with Gasteiger partial charge in [-0.3, -0.25) is 9.59 Å². The van der Waals surface area contributed by atoms with Gasteiger partial charge in [0.2, 0.25) is 5.91 Å². The molecule has 0 aliphatic heterocycles. The van der Waals surface area contributed by atoms with Crippen molar-refractivity contribution < 1.29 is 24.9 Å². The van der Waals surface area contributed by atoms with Crippen LogP contribution in [0.15, 0.2) is 0 Å². The summed E-state index contributed by atoms with van der Waals surface area (Å²) in [5.74, 6) is -3.10. The van der Waals surface area contributed by atoms with E-state index in [4.69, 9.17) is 15.3 Å². The SMILES string of the molecule is CC(C(=O)O)C(C)C(=O)NC(C)(CO)CO. The molecule has 0 fully saturated rings. The Morgan fingerprint density at radius 1 is 1.19 bits per heavy atom. The van der Waals surface area contributed by atoms with Crippen molar-refractivity contribution in [2.45, 2.75) is 26.3 Å². The number of hydrogen-bond donors (Lipinski definition) is 4. The molecular formula is C10H19NO5. The molecule has 0 aromatic heterocycles. The lowest BCUT2D eigenvalue weighted by Gasteiger charge is -2.28. The monoisotopic (exact) mass is 233 g/mol. The first-order valence-electron chi connectivity index (χ1n) is 5.04. The van der Waals surface area contributed by atoms with Gasteiger partial charge in [-0.05, 0) is 6.92 Å². The molecule has 0 heterocycles. The van der Waals surface area contributed by atoms with E-state index in [9.17, 15) is 9.59 Å². The highest BCUT2D eigenvalue weighted by Crippen LogP contribution is 2.13. The molecule has 16 heavy (non-hydrogen) atoms. The zero-order chi connectivity index (χ0) is 12.9. The van der Waals surface area contributed by atoms with Crippen LogP contribution in [-0.2, 0) is 9.59 Å². The lowest BCUT2D eigenvalue weighted by Crippen LogP contribution is -2.54. The van der Waals surface area contributed by atoms with E-state index in [-0.39, 0.29) is 0 Å². The standard InChI is InChI=1S/C10H19NO5/c1-6(7(2)9(15)16)8(14)11-10(3,4-12)5-13/h6-7,12-13H,4-5H2,1-3H3,(H,11,14)(H,15,16). The molecule has 2 unspecified atom stereocenters. The maximum Gasteiger partial charge on any atom is 0.307 e. The van der Waals surface area contributed by atoms with Gasteiger partial charge in [-0.15, -0.1) is 0 Å². The zero-order valence-corrected chi connectivity index (χ0v) is 9.73. The summed E-state index contributed by atoms with van der Waals surface area (Å²) in [6.45, 7) is 3.57. The lowest BCUT2D eigenvalue weighted by atomic mass is 9.93. The minimum absolute atomic E-state index is 0.413. The number of aliphatic hydroxyl groups is 2. The molecule has 0 saturated heterocycles. The summed E-state index contributed by atoms with van der Waals surface area (Å²) in [6, 6.07) is 0. The average molecular weight is 233 g/mol. The first-order chi connectivity index (χ1) is 7.27. The first-order valence-corrected chi connectivity index (χ1v) is 5.04. The van der Waals surface area contributed by atoms with Crippen LogP contribution in [0.2, 0.25) is 0 Å². The number of rotatable bonds is 6. The van der Waals surface area contributed by atoms with Gasteiger partial charge in [0.1, 0.15) is 0 Å². The van der Waals surface area contributed by atoms with Crippen molar-refractivity contribution >= 4 is 11.9 Å². The van der Waals surface area contributed by atoms with Gasteiger partial charge in [0.15, 0.2) is 0 Å². The number of aliphatic carboxylic acids is 1.